The van der Waals surface area contributed by atoms with Crippen LogP contribution in [0.25, 0.3) is 0 Å². The van der Waals surface area contributed by atoms with Crippen molar-refractivity contribution in [1.29, 1.82) is 0 Å². The fourth-order valence-corrected chi connectivity index (χ4v) is 2.94. The molecule has 5 heteroatoms. The topological polar surface area (TPSA) is 49.4 Å². The minimum atomic E-state index is -0.591. The lowest BCUT2D eigenvalue weighted by Crippen LogP contribution is -2.31. The maximum absolute atomic E-state index is 13.8. The highest BCUT2D eigenvalue weighted by Gasteiger charge is 2.36. The van der Waals surface area contributed by atoms with E-state index < -0.39 is 17.8 Å². The summed E-state index contributed by atoms with van der Waals surface area (Å²) >= 11 is 0. The molecule has 1 saturated carbocycles. The molecule has 1 aromatic carbocycles. The molecule has 1 saturated heterocycles. The maximum atomic E-state index is 13.8. The van der Waals surface area contributed by atoms with E-state index in [1.54, 1.807) is 6.07 Å². The molecule has 0 bridgehead atoms. The number of urea groups is 1. The van der Waals surface area contributed by atoms with Crippen molar-refractivity contribution in [2.45, 2.75) is 32.1 Å². The summed E-state index contributed by atoms with van der Waals surface area (Å²) < 4.78 is 13.8. The molecule has 1 heterocycles. The van der Waals surface area contributed by atoms with Gasteiger partial charge in [0.2, 0.25) is 0 Å². The van der Waals surface area contributed by atoms with Crippen molar-refractivity contribution in [1.82, 2.24) is 5.32 Å². The van der Waals surface area contributed by atoms with Crippen molar-refractivity contribution in [3.8, 4) is 0 Å². The van der Waals surface area contributed by atoms with Gasteiger partial charge in [0.1, 0.15) is 11.5 Å². The van der Waals surface area contributed by atoms with Gasteiger partial charge in [-0.15, -0.1) is 0 Å². The second-order valence-electron chi connectivity index (χ2n) is 5.50. The lowest BCUT2D eigenvalue weighted by molar-refractivity contribution is -0.114. The highest BCUT2D eigenvalue weighted by atomic mass is 19.1. The van der Waals surface area contributed by atoms with E-state index in [0.29, 0.717) is 5.92 Å². The fourth-order valence-electron chi connectivity index (χ4n) is 2.94. The number of hydrogen-bond acceptors (Lipinski definition) is 2. The highest BCUT2D eigenvalue weighted by molar-refractivity contribution is 6.26. The summed E-state index contributed by atoms with van der Waals surface area (Å²) in [4.78, 5) is 25.2. The second kappa shape index (κ2) is 5.68. The van der Waals surface area contributed by atoms with E-state index in [1.165, 1.54) is 24.6 Å². The third-order valence-electron chi connectivity index (χ3n) is 4.02. The largest absolute Gasteiger partial charge is 0.333 e. The summed E-state index contributed by atoms with van der Waals surface area (Å²) in [5, 5.41) is 2.56. The fraction of sp³-hybridized carbons (Fsp3) is 0.375. The number of carbonyl (C=O) groups is 2. The molecule has 1 aromatic rings. The van der Waals surface area contributed by atoms with Crippen LogP contribution in [0.1, 0.15) is 32.1 Å². The molecule has 3 rings (SSSR count). The number of benzene rings is 1. The van der Waals surface area contributed by atoms with Gasteiger partial charge in [0.25, 0.3) is 5.91 Å². The van der Waals surface area contributed by atoms with Crippen LogP contribution in [0, 0.1) is 11.7 Å². The molecule has 110 valence electrons. The summed E-state index contributed by atoms with van der Waals surface area (Å²) in [6.45, 7) is 0. The van der Waals surface area contributed by atoms with Crippen LogP contribution in [-0.2, 0) is 4.79 Å². The van der Waals surface area contributed by atoms with Crippen LogP contribution in [0.3, 0.4) is 0 Å². The number of anilines is 1. The molecule has 0 atom stereocenters. The second-order valence-corrected chi connectivity index (χ2v) is 5.50. The molecule has 1 aliphatic heterocycles. The van der Waals surface area contributed by atoms with Crippen LogP contribution in [0.5, 0.6) is 0 Å². The monoisotopic (exact) mass is 288 g/mol. The molecule has 4 nitrogen and oxygen atoms in total. The van der Waals surface area contributed by atoms with Gasteiger partial charge in [-0.2, -0.15) is 0 Å². The molecule has 2 aliphatic rings. The Kier molecular flexibility index (Phi) is 3.73. The van der Waals surface area contributed by atoms with Crippen LogP contribution in [0.2, 0.25) is 0 Å². The smallest absolute Gasteiger partial charge is 0.303 e. The van der Waals surface area contributed by atoms with Gasteiger partial charge in [-0.05, 0) is 30.9 Å². The van der Waals surface area contributed by atoms with Gasteiger partial charge in [-0.1, -0.05) is 37.5 Å². The van der Waals surface area contributed by atoms with E-state index >= 15 is 0 Å². The van der Waals surface area contributed by atoms with E-state index in [9.17, 15) is 14.0 Å². The summed E-state index contributed by atoms with van der Waals surface area (Å²) in [6.07, 6.45) is 7.42. The van der Waals surface area contributed by atoms with Crippen LogP contribution in [-0.4, -0.2) is 11.9 Å². The Labute approximate surface area is 122 Å². The first-order valence-electron chi connectivity index (χ1n) is 7.28. The van der Waals surface area contributed by atoms with Crippen LogP contribution >= 0.6 is 0 Å². The van der Waals surface area contributed by atoms with Crippen molar-refractivity contribution < 1.29 is 14.0 Å². The summed E-state index contributed by atoms with van der Waals surface area (Å²) in [7, 11) is 0. The number of nitrogens with one attached hydrogen (secondary N) is 1. The molecule has 0 radical (unpaired) electrons. The molecule has 2 fully saturated rings. The van der Waals surface area contributed by atoms with Crippen LogP contribution in [0.4, 0.5) is 14.9 Å². The first-order valence-corrected chi connectivity index (χ1v) is 7.28. The minimum Gasteiger partial charge on any atom is -0.303 e. The van der Waals surface area contributed by atoms with Crippen molar-refractivity contribution >= 4 is 17.6 Å². The van der Waals surface area contributed by atoms with Gasteiger partial charge < -0.3 is 5.32 Å². The third-order valence-corrected chi connectivity index (χ3v) is 4.02. The molecule has 21 heavy (non-hydrogen) atoms. The van der Waals surface area contributed by atoms with Crippen molar-refractivity contribution in [3.63, 3.8) is 0 Å². The SMILES string of the molecule is O=C1N/C(=C\C2CCCCC2)C(=O)N1c1ccccc1F. The lowest BCUT2D eigenvalue weighted by Gasteiger charge is -2.18. The summed E-state index contributed by atoms with van der Waals surface area (Å²) in [5.41, 5.74) is 0.266. The van der Waals surface area contributed by atoms with Crippen LogP contribution < -0.4 is 10.2 Å². The van der Waals surface area contributed by atoms with Gasteiger partial charge in [-0.25, -0.2) is 14.1 Å². The minimum absolute atomic E-state index is 0.00737. The molecule has 1 N–H and O–H groups in total. The van der Waals surface area contributed by atoms with Gasteiger partial charge in [-0.3, -0.25) is 4.79 Å². The summed E-state index contributed by atoms with van der Waals surface area (Å²) in [5.74, 6) is -0.742. The number of rotatable bonds is 2. The van der Waals surface area contributed by atoms with Crippen molar-refractivity contribution in [2.75, 3.05) is 4.90 Å². The Hall–Kier alpha value is -2.17. The molecule has 0 unspecified atom stereocenters. The number of allylic oxidation sites excluding steroid dienone is 1. The zero-order chi connectivity index (χ0) is 14.8. The Morgan fingerprint density at radius 3 is 2.57 bits per heavy atom. The maximum Gasteiger partial charge on any atom is 0.333 e. The van der Waals surface area contributed by atoms with Crippen molar-refractivity contribution in [3.05, 3.63) is 41.9 Å². The van der Waals surface area contributed by atoms with E-state index in [1.807, 2.05) is 6.08 Å². The molecule has 0 spiro atoms. The Morgan fingerprint density at radius 1 is 1.14 bits per heavy atom. The molecular formula is C16H17FN2O2. The number of hydrogen-bond donors (Lipinski definition) is 1. The number of halogens is 1. The normalized spacial score (nSPS) is 22.0. The number of imide groups is 1. The number of carbonyl (C=O) groups excluding carboxylic acids is 2. The lowest BCUT2D eigenvalue weighted by atomic mass is 9.88. The first kappa shape index (κ1) is 13.8. The molecule has 0 aromatic heterocycles. The van der Waals surface area contributed by atoms with Crippen molar-refractivity contribution in [2.24, 2.45) is 5.92 Å². The van der Waals surface area contributed by atoms with E-state index in [2.05, 4.69) is 5.32 Å². The third kappa shape index (κ3) is 2.68. The van der Waals surface area contributed by atoms with E-state index in [-0.39, 0.29) is 11.4 Å². The number of amides is 3. The van der Waals surface area contributed by atoms with Gasteiger partial charge in [0.05, 0.1) is 5.69 Å². The number of nitrogens with zero attached hydrogens (tertiary/aromatic N) is 1. The zero-order valence-electron chi connectivity index (χ0n) is 11.6. The quantitative estimate of drug-likeness (QED) is 0.670. The molecular weight excluding hydrogens is 271 g/mol. The average Bonchev–Trinajstić information content (AvgIpc) is 2.76. The Bertz CT molecular complexity index is 606. The first-order chi connectivity index (χ1) is 10.2. The molecule has 1 aliphatic carbocycles. The number of para-hydroxylation sites is 1. The Balaban J connectivity index is 1.85. The van der Waals surface area contributed by atoms with E-state index in [4.69, 9.17) is 0 Å². The van der Waals surface area contributed by atoms with Crippen LogP contribution in [0.15, 0.2) is 36.0 Å². The Morgan fingerprint density at radius 2 is 1.86 bits per heavy atom. The highest BCUT2D eigenvalue weighted by Crippen LogP contribution is 2.28. The van der Waals surface area contributed by atoms with Gasteiger partial charge in [0.15, 0.2) is 0 Å². The predicted octanol–water partition coefficient (Wildman–Crippen LogP) is 3.35. The molecule has 3 amide bonds. The summed E-state index contributed by atoms with van der Waals surface area (Å²) in [6, 6.07) is 5.19. The van der Waals surface area contributed by atoms with Gasteiger partial charge >= 0.3 is 6.03 Å². The standard InChI is InChI=1S/C16H17FN2O2/c17-12-8-4-5-9-14(12)19-15(20)13(18-16(19)21)10-11-6-2-1-3-7-11/h4-5,8-11H,1-3,6-7H2,(H,18,21)/b13-10-. The zero-order valence-corrected chi connectivity index (χ0v) is 11.6. The predicted molar refractivity (Wildman–Crippen MR) is 77.1 cm³/mol. The van der Waals surface area contributed by atoms with E-state index in [0.717, 1.165) is 30.6 Å². The average molecular weight is 288 g/mol. The van der Waals surface area contributed by atoms with Gasteiger partial charge in [0, 0.05) is 0 Å².